The van der Waals surface area contributed by atoms with Gasteiger partial charge in [0.2, 0.25) is 0 Å². The Morgan fingerprint density at radius 3 is 2.61 bits per heavy atom. The van der Waals surface area contributed by atoms with Crippen LogP contribution in [0.25, 0.3) is 11.0 Å². The normalized spacial score (nSPS) is 10.6. The number of aromatic nitrogens is 2. The van der Waals surface area contributed by atoms with Crippen LogP contribution < -0.4 is 0 Å². The van der Waals surface area contributed by atoms with Gasteiger partial charge in [0.05, 0.1) is 16.8 Å². The van der Waals surface area contributed by atoms with Gasteiger partial charge in [-0.1, -0.05) is 45.9 Å². The number of carbonyl (C=O) groups is 1. The van der Waals surface area contributed by atoms with Gasteiger partial charge in [-0.05, 0) is 36.8 Å². The number of benzene rings is 2. The summed E-state index contributed by atoms with van der Waals surface area (Å²) in [6.45, 7) is 2.05. The second-order valence-electron chi connectivity index (χ2n) is 5.16. The van der Waals surface area contributed by atoms with Gasteiger partial charge < -0.3 is 4.57 Å². The van der Waals surface area contributed by atoms with Gasteiger partial charge in [-0.3, -0.25) is 4.79 Å². The van der Waals surface area contributed by atoms with Gasteiger partial charge in [0, 0.05) is 17.1 Å². The Morgan fingerprint density at radius 1 is 1.22 bits per heavy atom. The second-order valence-corrected chi connectivity index (χ2v) is 7.02. The van der Waals surface area contributed by atoms with Crippen LogP contribution in [-0.4, -0.2) is 21.1 Å². The summed E-state index contributed by atoms with van der Waals surface area (Å²) in [6, 6.07) is 13.7. The summed E-state index contributed by atoms with van der Waals surface area (Å²) < 4.78 is 3.01. The Balaban J connectivity index is 0.00000192. The summed E-state index contributed by atoms with van der Waals surface area (Å²) in [7, 11) is 1.98. The Kier molecular flexibility index (Phi) is 6.06. The highest BCUT2D eigenvalue weighted by atomic mass is 79.9. The van der Waals surface area contributed by atoms with E-state index in [1.54, 1.807) is 0 Å². The molecule has 0 unspecified atom stereocenters. The number of nitrogens with zero attached hydrogens (tertiary/aromatic N) is 2. The fourth-order valence-electron chi connectivity index (χ4n) is 2.27. The Labute approximate surface area is 158 Å². The molecule has 3 rings (SSSR count). The molecule has 0 saturated heterocycles. The molecule has 1 aromatic heterocycles. The molecule has 0 saturated carbocycles. The average molecular weight is 456 g/mol. The van der Waals surface area contributed by atoms with E-state index in [4.69, 9.17) is 0 Å². The maximum atomic E-state index is 12.2. The molecule has 0 spiro atoms. The van der Waals surface area contributed by atoms with Crippen LogP contribution in [0.3, 0.4) is 0 Å². The van der Waals surface area contributed by atoms with E-state index in [-0.39, 0.29) is 22.8 Å². The minimum absolute atomic E-state index is 0. The number of aryl methyl sites for hydroxylation is 2. The van der Waals surface area contributed by atoms with Crippen molar-refractivity contribution in [2.75, 3.05) is 5.75 Å². The lowest BCUT2D eigenvalue weighted by atomic mass is 10.2. The van der Waals surface area contributed by atoms with Crippen molar-refractivity contribution in [2.24, 2.45) is 7.05 Å². The molecule has 2 aromatic carbocycles. The highest BCUT2D eigenvalue weighted by Crippen LogP contribution is 2.24. The van der Waals surface area contributed by atoms with Gasteiger partial charge in [-0.25, -0.2) is 4.98 Å². The fourth-order valence-corrected chi connectivity index (χ4v) is 3.41. The number of rotatable bonds is 4. The molecule has 0 amide bonds. The second kappa shape index (κ2) is 7.64. The zero-order chi connectivity index (χ0) is 15.7. The highest BCUT2D eigenvalue weighted by Gasteiger charge is 2.12. The first kappa shape index (κ1) is 18.2. The predicted octanol–water partition coefficient (Wildman–Crippen LogP) is 5.20. The van der Waals surface area contributed by atoms with Gasteiger partial charge in [-0.15, -0.1) is 17.0 Å². The van der Waals surface area contributed by atoms with Crippen LogP contribution in [0.5, 0.6) is 0 Å². The molecule has 23 heavy (non-hydrogen) atoms. The number of carbonyl (C=O) groups excluding carboxylic acids is 1. The molecule has 3 nitrogen and oxygen atoms in total. The number of thioether (sulfide) groups is 1. The van der Waals surface area contributed by atoms with Crippen molar-refractivity contribution in [3.63, 3.8) is 0 Å². The van der Waals surface area contributed by atoms with E-state index >= 15 is 0 Å². The molecule has 6 heteroatoms. The number of hydrogen-bond acceptors (Lipinski definition) is 3. The van der Waals surface area contributed by atoms with E-state index in [0.29, 0.717) is 5.75 Å². The van der Waals surface area contributed by atoms with E-state index in [1.807, 2.05) is 35.9 Å². The number of ketones is 1. The number of hydrogen-bond donors (Lipinski definition) is 0. The van der Waals surface area contributed by atoms with Crippen molar-refractivity contribution in [3.8, 4) is 0 Å². The first-order valence-corrected chi connectivity index (χ1v) is 8.67. The van der Waals surface area contributed by atoms with Crippen molar-refractivity contribution in [2.45, 2.75) is 12.1 Å². The van der Waals surface area contributed by atoms with Gasteiger partial charge in [-0.2, -0.15) is 0 Å². The molecule has 0 atom stereocenters. The zero-order valence-corrected chi connectivity index (χ0v) is 16.9. The summed E-state index contributed by atoms with van der Waals surface area (Å²) >= 11 is 4.85. The van der Waals surface area contributed by atoms with Crippen LogP contribution in [0, 0.1) is 6.92 Å². The predicted molar refractivity (Wildman–Crippen MR) is 105 cm³/mol. The fraction of sp³-hybridized carbons (Fsp3) is 0.176. The molecule has 3 aromatic rings. The van der Waals surface area contributed by atoms with Crippen LogP contribution in [0.4, 0.5) is 0 Å². The summed E-state index contributed by atoms with van der Waals surface area (Å²) in [4.78, 5) is 16.9. The number of halogens is 2. The molecular formula is C17H16Br2N2OS. The first-order valence-electron chi connectivity index (χ1n) is 6.89. The quantitative estimate of drug-likeness (QED) is 0.400. The zero-order valence-electron chi connectivity index (χ0n) is 12.7. The number of Topliss-reactive ketones (excluding diaryl/α,β-unsaturated/α-hetero) is 1. The third kappa shape index (κ3) is 4.05. The topological polar surface area (TPSA) is 34.9 Å². The molecule has 0 radical (unpaired) electrons. The van der Waals surface area contributed by atoms with Crippen molar-refractivity contribution < 1.29 is 4.79 Å². The maximum Gasteiger partial charge on any atom is 0.173 e. The van der Waals surface area contributed by atoms with Crippen LogP contribution >= 0.6 is 44.7 Å². The summed E-state index contributed by atoms with van der Waals surface area (Å²) in [5.41, 5.74) is 3.98. The Bertz CT molecular complexity index is 844. The Hall–Kier alpha value is -1.11. The minimum atomic E-state index is 0. The standard InChI is InChI=1S/C17H15BrN2OS.BrH/c1-11-3-8-15-14(9-11)19-17(20(15)2)22-10-16(21)12-4-6-13(18)7-5-12;/h3-9H,10H2,1-2H3;1H. The van der Waals surface area contributed by atoms with Crippen LogP contribution in [0.1, 0.15) is 15.9 Å². The third-order valence-electron chi connectivity index (χ3n) is 3.49. The van der Waals surface area contributed by atoms with E-state index in [9.17, 15) is 4.79 Å². The maximum absolute atomic E-state index is 12.2. The molecule has 0 bridgehead atoms. The largest absolute Gasteiger partial charge is 0.322 e. The SMILES string of the molecule is Br.Cc1ccc2c(c1)nc(SCC(=O)c1ccc(Br)cc1)n2C. The molecule has 0 aliphatic carbocycles. The molecule has 120 valence electrons. The molecule has 0 aliphatic rings. The monoisotopic (exact) mass is 454 g/mol. The van der Waals surface area contributed by atoms with E-state index in [2.05, 4.69) is 46.0 Å². The minimum Gasteiger partial charge on any atom is -0.322 e. The number of imidazole rings is 1. The summed E-state index contributed by atoms with van der Waals surface area (Å²) in [5.74, 6) is 0.498. The van der Waals surface area contributed by atoms with Crippen molar-refractivity contribution in [1.82, 2.24) is 9.55 Å². The van der Waals surface area contributed by atoms with E-state index < -0.39 is 0 Å². The highest BCUT2D eigenvalue weighted by molar-refractivity contribution is 9.10. The summed E-state index contributed by atoms with van der Waals surface area (Å²) in [5, 5.41) is 0.867. The lowest BCUT2D eigenvalue weighted by Crippen LogP contribution is -2.03. The Morgan fingerprint density at radius 2 is 1.91 bits per heavy atom. The molecule has 0 N–H and O–H groups in total. The molecule has 1 heterocycles. The molecular weight excluding hydrogens is 440 g/mol. The van der Waals surface area contributed by atoms with Crippen LogP contribution in [-0.2, 0) is 7.05 Å². The average Bonchev–Trinajstić information content (AvgIpc) is 2.81. The van der Waals surface area contributed by atoms with Gasteiger partial charge in [0.15, 0.2) is 10.9 Å². The molecule has 0 fully saturated rings. The lowest BCUT2D eigenvalue weighted by Gasteiger charge is -2.02. The first-order chi connectivity index (χ1) is 10.5. The van der Waals surface area contributed by atoms with E-state index in [0.717, 1.165) is 26.2 Å². The lowest BCUT2D eigenvalue weighted by molar-refractivity contribution is 0.102. The van der Waals surface area contributed by atoms with Crippen molar-refractivity contribution >= 4 is 61.5 Å². The van der Waals surface area contributed by atoms with Crippen molar-refractivity contribution in [1.29, 1.82) is 0 Å². The van der Waals surface area contributed by atoms with Crippen molar-refractivity contribution in [3.05, 3.63) is 58.1 Å². The van der Waals surface area contributed by atoms with Gasteiger partial charge >= 0.3 is 0 Å². The van der Waals surface area contributed by atoms with E-state index in [1.165, 1.54) is 17.3 Å². The van der Waals surface area contributed by atoms with Crippen LogP contribution in [0.15, 0.2) is 52.1 Å². The smallest absolute Gasteiger partial charge is 0.173 e. The van der Waals surface area contributed by atoms with Gasteiger partial charge in [0.1, 0.15) is 0 Å². The molecule has 0 aliphatic heterocycles. The number of fused-ring (bicyclic) bond motifs is 1. The third-order valence-corrected chi connectivity index (χ3v) is 5.05. The van der Waals surface area contributed by atoms with Gasteiger partial charge in [0.25, 0.3) is 0 Å². The van der Waals surface area contributed by atoms with Crippen LogP contribution in [0.2, 0.25) is 0 Å². The summed E-state index contributed by atoms with van der Waals surface area (Å²) in [6.07, 6.45) is 0.